The summed E-state index contributed by atoms with van der Waals surface area (Å²) in [4.78, 5) is 0.114. The van der Waals surface area contributed by atoms with E-state index in [0.717, 1.165) is 4.47 Å². The number of anilines is 1. The maximum atomic E-state index is 12.2. The van der Waals surface area contributed by atoms with Gasteiger partial charge in [-0.05, 0) is 36.4 Å². The number of nitrogens with one attached hydrogen (secondary N) is 1. The first-order valence-corrected chi connectivity index (χ1v) is 8.63. The van der Waals surface area contributed by atoms with Gasteiger partial charge in [0.15, 0.2) is 0 Å². The first-order valence-electron chi connectivity index (χ1n) is 5.22. The second kappa shape index (κ2) is 6.12. The Balaban J connectivity index is 2.38. The third-order valence-corrected chi connectivity index (χ3v) is 5.32. The molecule has 0 fully saturated rings. The highest BCUT2D eigenvalue weighted by molar-refractivity contribution is 9.10. The van der Waals surface area contributed by atoms with Gasteiger partial charge in [0.1, 0.15) is 0 Å². The van der Waals surface area contributed by atoms with Crippen molar-refractivity contribution >= 4 is 66.4 Å². The minimum absolute atomic E-state index is 0.114. The van der Waals surface area contributed by atoms with Crippen LogP contribution in [0.15, 0.2) is 45.8 Å². The van der Waals surface area contributed by atoms with Gasteiger partial charge in [0.2, 0.25) is 0 Å². The smallest absolute Gasteiger partial charge is 0.261 e. The van der Waals surface area contributed by atoms with Crippen LogP contribution in [0.25, 0.3) is 0 Å². The van der Waals surface area contributed by atoms with Crippen LogP contribution in [0.1, 0.15) is 0 Å². The second-order valence-electron chi connectivity index (χ2n) is 3.81. The van der Waals surface area contributed by atoms with E-state index in [1.807, 2.05) is 0 Å². The summed E-state index contributed by atoms with van der Waals surface area (Å²) < 4.78 is 27.6. The zero-order chi connectivity index (χ0) is 14.9. The first-order chi connectivity index (χ1) is 9.29. The van der Waals surface area contributed by atoms with Crippen LogP contribution < -0.4 is 4.72 Å². The molecule has 20 heavy (non-hydrogen) atoms. The largest absolute Gasteiger partial charge is 0.278 e. The molecule has 0 aromatic heterocycles. The van der Waals surface area contributed by atoms with Gasteiger partial charge in [0.25, 0.3) is 10.0 Å². The van der Waals surface area contributed by atoms with Crippen LogP contribution in [0.3, 0.4) is 0 Å². The van der Waals surface area contributed by atoms with Crippen molar-refractivity contribution in [3.63, 3.8) is 0 Å². The van der Waals surface area contributed by atoms with Crippen LogP contribution in [0.2, 0.25) is 15.1 Å². The Hall–Kier alpha value is -0.460. The molecule has 0 spiro atoms. The number of hydrogen-bond acceptors (Lipinski definition) is 2. The van der Waals surface area contributed by atoms with Crippen molar-refractivity contribution in [2.45, 2.75) is 4.90 Å². The van der Waals surface area contributed by atoms with Crippen LogP contribution in [-0.4, -0.2) is 8.42 Å². The van der Waals surface area contributed by atoms with E-state index < -0.39 is 10.0 Å². The molecule has 0 aliphatic rings. The molecule has 106 valence electrons. The molecule has 1 N–H and O–H groups in total. The van der Waals surface area contributed by atoms with Gasteiger partial charge in [-0.15, -0.1) is 0 Å². The maximum absolute atomic E-state index is 12.2. The number of sulfonamides is 1. The SMILES string of the molecule is O=S(=O)(Nc1cc(Cl)c(Cl)cc1Cl)c1ccc(Br)cc1. The molecule has 0 bridgehead atoms. The summed E-state index contributed by atoms with van der Waals surface area (Å²) in [6, 6.07) is 8.94. The summed E-state index contributed by atoms with van der Waals surface area (Å²) in [6.07, 6.45) is 0. The van der Waals surface area contributed by atoms with Gasteiger partial charge in [-0.2, -0.15) is 0 Å². The summed E-state index contributed by atoms with van der Waals surface area (Å²) in [5.41, 5.74) is 0.170. The molecule has 8 heteroatoms. The topological polar surface area (TPSA) is 46.2 Å². The molecular formula is C12H7BrCl3NO2S. The Kier molecular flexibility index (Phi) is 4.87. The summed E-state index contributed by atoms with van der Waals surface area (Å²) in [5.74, 6) is 0. The molecule has 0 aliphatic carbocycles. The van der Waals surface area contributed by atoms with Crippen LogP contribution in [0, 0.1) is 0 Å². The van der Waals surface area contributed by atoms with E-state index >= 15 is 0 Å². The van der Waals surface area contributed by atoms with Crippen LogP contribution in [0.5, 0.6) is 0 Å². The molecular weight excluding hydrogens is 408 g/mol. The monoisotopic (exact) mass is 413 g/mol. The van der Waals surface area contributed by atoms with Crippen molar-refractivity contribution in [2.75, 3.05) is 4.72 Å². The lowest BCUT2D eigenvalue weighted by Crippen LogP contribution is -2.13. The highest BCUT2D eigenvalue weighted by Crippen LogP contribution is 2.33. The fraction of sp³-hybridized carbons (Fsp3) is 0. The van der Waals surface area contributed by atoms with Gasteiger partial charge in [-0.3, -0.25) is 4.72 Å². The van der Waals surface area contributed by atoms with Crippen LogP contribution in [0.4, 0.5) is 5.69 Å². The summed E-state index contributed by atoms with van der Waals surface area (Å²) in [5, 5.41) is 0.632. The average Bonchev–Trinajstić information content (AvgIpc) is 2.36. The Morgan fingerprint density at radius 2 is 1.45 bits per heavy atom. The Bertz CT molecular complexity index is 748. The molecule has 2 aromatic carbocycles. The van der Waals surface area contributed by atoms with Crippen molar-refractivity contribution in [3.05, 3.63) is 55.9 Å². The van der Waals surface area contributed by atoms with Gasteiger partial charge >= 0.3 is 0 Å². The van der Waals surface area contributed by atoms with E-state index in [-0.39, 0.29) is 25.7 Å². The first kappa shape index (κ1) is 15.9. The molecule has 0 radical (unpaired) electrons. The van der Waals surface area contributed by atoms with Gasteiger partial charge in [-0.25, -0.2) is 8.42 Å². The number of halogens is 4. The lowest BCUT2D eigenvalue weighted by Gasteiger charge is -2.10. The van der Waals surface area contributed by atoms with E-state index in [4.69, 9.17) is 34.8 Å². The molecule has 0 unspecified atom stereocenters. The molecule has 2 rings (SSSR count). The second-order valence-corrected chi connectivity index (χ2v) is 7.63. The van der Waals surface area contributed by atoms with Gasteiger partial charge < -0.3 is 0 Å². The van der Waals surface area contributed by atoms with Crippen molar-refractivity contribution in [3.8, 4) is 0 Å². The molecule has 2 aromatic rings. The number of hydrogen-bond donors (Lipinski definition) is 1. The maximum Gasteiger partial charge on any atom is 0.261 e. The third kappa shape index (κ3) is 3.59. The molecule has 0 amide bonds. The van der Waals surface area contributed by atoms with Crippen molar-refractivity contribution < 1.29 is 8.42 Å². The summed E-state index contributed by atoms with van der Waals surface area (Å²) in [6.45, 7) is 0. The fourth-order valence-electron chi connectivity index (χ4n) is 1.42. The third-order valence-electron chi connectivity index (χ3n) is 2.38. The van der Waals surface area contributed by atoms with E-state index in [9.17, 15) is 8.42 Å². The number of benzene rings is 2. The van der Waals surface area contributed by atoms with E-state index in [0.29, 0.717) is 0 Å². The molecule has 3 nitrogen and oxygen atoms in total. The number of rotatable bonds is 3. The standard InChI is InChI=1S/C12H7BrCl3NO2S/c13-7-1-3-8(4-2-7)20(18,19)17-12-6-10(15)9(14)5-11(12)16/h1-6,17H. The Morgan fingerprint density at radius 3 is 2.05 bits per heavy atom. The lowest BCUT2D eigenvalue weighted by molar-refractivity contribution is 0.601. The fourth-order valence-corrected chi connectivity index (χ4v) is 3.40. The van der Waals surface area contributed by atoms with E-state index in [1.54, 1.807) is 12.1 Å². The van der Waals surface area contributed by atoms with Gasteiger partial charge in [0.05, 0.1) is 25.7 Å². The van der Waals surface area contributed by atoms with E-state index in [2.05, 4.69) is 20.7 Å². The van der Waals surface area contributed by atoms with Crippen molar-refractivity contribution in [2.24, 2.45) is 0 Å². The van der Waals surface area contributed by atoms with E-state index in [1.165, 1.54) is 24.3 Å². The molecule has 0 heterocycles. The molecule has 0 saturated heterocycles. The Morgan fingerprint density at radius 1 is 0.900 bits per heavy atom. The minimum atomic E-state index is -3.74. The predicted octanol–water partition coefficient (Wildman–Crippen LogP) is 5.21. The van der Waals surface area contributed by atoms with Crippen molar-refractivity contribution in [1.82, 2.24) is 0 Å². The van der Waals surface area contributed by atoms with Gasteiger partial charge in [-0.1, -0.05) is 50.7 Å². The summed E-state index contributed by atoms with van der Waals surface area (Å²) >= 11 is 20.8. The Labute approximate surface area is 140 Å². The highest BCUT2D eigenvalue weighted by Gasteiger charge is 2.16. The van der Waals surface area contributed by atoms with Crippen molar-refractivity contribution in [1.29, 1.82) is 0 Å². The van der Waals surface area contributed by atoms with Crippen LogP contribution >= 0.6 is 50.7 Å². The molecule has 0 atom stereocenters. The zero-order valence-corrected chi connectivity index (χ0v) is 14.4. The lowest BCUT2D eigenvalue weighted by atomic mass is 10.3. The normalized spacial score (nSPS) is 11.4. The quantitative estimate of drug-likeness (QED) is 0.700. The zero-order valence-electron chi connectivity index (χ0n) is 9.70. The molecule has 0 saturated carbocycles. The van der Waals surface area contributed by atoms with Crippen LogP contribution in [-0.2, 0) is 10.0 Å². The minimum Gasteiger partial charge on any atom is -0.278 e. The molecule has 0 aliphatic heterocycles. The average molecular weight is 416 g/mol. The predicted molar refractivity (Wildman–Crippen MR) is 86.4 cm³/mol. The van der Waals surface area contributed by atoms with Gasteiger partial charge in [0, 0.05) is 4.47 Å². The highest BCUT2D eigenvalue weighted by atomic mass is 79.9. The summed E-state index contributed by atoms with van der Waals surface area (Å²) in [7, 11) is -3.74.